The van der Waals surface area contributed by atoms with E-state index in [1.807, 2.05) is 38.1 Å². The molecular formula is C23H23N3O. The van der Waals surface area contributed by atoms with Gasteiger partial charge < -0.3 is 10.2 Å². The van der Waals surface area contributed by atoms with Gasteiger partial charge in [-0.1, -0.05) is 35.9 Å². The highest BCUT2D eigenvalue weighted by Gasteiger charge is 2.19. The van der Waals surface area contributed by atoms with Crippen molar-refractivity contribution in [2.45, 2.75) is 26.7 Å². The van der Waals surface area contributed by atoms with Crippen molar-refractivity contribution in [2.24, 2.45) is 0 Å². The number of para-hydroxylation sites is 1. The molecule has 0 saturated carbocycles. The Morgan fingerprint density at radius 3 is 2.78 bits per heavy atom. The normalized spacial score (nSPS) is 13.2. The summed E-state index contributed by atoms with van der Waals surface area (Å²) < 4.78 is 0. The molecule has 1 N–H and O–H groups in total. The van der Waals surface area contributed by atoms with Crippen molar-refractivity contribution in [3.05, 3.63) is 83.0 Å². The first-order valence-electron chi connectivity index (χ1n) is 9.32. The molecule has 0 radical (unpaired) electrons. The number of anilines is 3. The van der Waals surface area contributed by atoms with E-state index in [4.69, 9.17) is 0 Å². The molecule has 1 aliphatic heterocycles. The highest BCUT2D eigenvalue weighted by atomic mass is 16.1. The van der Waals surface area contributed by atoms with E-state index in [0.717, 1.165) is 36.5 Å². The minimum absolute atomic E-state index is 0.115. The zero-order valence-electron chi connectivity index (χ0n) is 15.7. The lowest BCUT2D eigenvalue weighted by Gasteiger charge is -2.30. The number of amides is 1. The van der Waals surface area contributed by atoms with Gasteiger partial charge in [0.25, 0.3) is 5.91 Å². The molecule has 0 aliphatic carbocycles. The fraction of sp³-hybridized carbons (Fsp3) is 0.217. The van der Waals surface area contributed by atoms with Crippen LogP contribution in [0.25, 0.3) is 0 Å². The standard InChI is InChI=1S/C23H23N3O/c1-16-9-10-20(17(2)14-16)25-23(27)19-11-12-24-22(15-19)26-13-5-7-18-6-3-4-8-21(18)26/h3-4,6,8-12,14-15H,5,7,13H2,1-2H3,(H,25,27). The van der Waals surface area contributed by atoms with Crippen molar-refractivity contribution in [1.82, 2.24) is 4.98 Å². The topological polar surface area (TPSA) is 45.2 Å². The maximum absolute atomic E-state index is 12.8. The molecule has 0 fully saturated rings. The number of fused-ring (bicyclic) bond motifs is 1. The Labute approximate surface area is 159 Å². The Morgan fingerprint density at radius 2 is 1.93 bits per heavy atom. The van der Waals surface area contributed by atoms with Crippen molar-refractivity contribution >= 4 is 23.1 Å². The van der Waals surface area contributed by atoms with Gasteiger partial charge in [-0.25, -0.2) is 4.98 Å². The van der Waals surface area contributed by atoms with E-state index in [1.165, 1.54) is 16.8 Å². The molecule has 0 unspecified atom stereocenters. The number of rotatable bonds is 3. The summed E-state index contributed by atoms with van der Waals surface area (Å²) in [6.45, 7) is 4.96. The Kier molecular flexibility index (Phi) is 4.63. The Hall–Kier alpha value is -3.14. The molecule has 0 atom stereocenters. The van der Waals surface area contributed by atoms with Crippen molar-refractivity contribution < 1.29 is 4.79 Å². The smallest absolute Gasteiger partial charge is 0.255 e. The van der Waals surface area contributed by atoms with Gasteiger partial charge in [-0.3, -0.25) is 4.79 Å². The number of aryl methyl sites for hydroxylation is 3. The molecule has 1 aliphatic rings. The average molecular weight is 357 g/mol. The predicted octanol–water partition coefficient (Wildman–Crippen LogP) is 5.04. The molecular weight excluding hydrogens is 334 g/mol. The number of carbonyl (C=O) groups is 1. The fourth-order valence-corrected chi connectivity index (χ4v) is 3.63. The van der Waals surface area contributed by atoms with E-state index in [1.54, 1.807) is 12.3 Å². The number of aromatic nitrogens is 1. The van der Waals surface area contributed by atoms with E-state index >= 15 is 0 Å². The first-order chi connectivity index (χ1) is 13.1. The number of pyridine rings is 1. The summed E-state index contributed by atoms with van der Waals surface area (Å²) in [5.74, 6) is 0.700. The largest absolute Gasteiger partial charge is 0.326 e. The Morgan fingerprint density at radius 1 is 1.07 bits per heavy atom. The molecule has 0 saturated heterocycles. The van der Waals surface area contributed by atoms with Crippen LogP contribution in [-0.4, -0.2) is 17.4 Å². The number of nitrogens with one attached hydrogen (secondary N) is 1. The van der Waals surface area contributed by atoms with Gasteiger partial charge in [-0.05, 0) is 62.1 Å². The van der Waals surface area contributed by atoms with Crippen molar-refractivity contribution in [3.8, 4) is 0 Å². The maximum atomic E-state index is 12.8. The highest BCUT2D eigenvalue weighted by Crippen LogP contribution is 2.32. The first-order valence-corrected chi connectivity index (χ1v) is 9.32. The highest BCUT2D eigenvalue weighted by molar-refractivity contribution is 6.05. The number of nitrogens with zero attached hydrogens (tertiary/aromatic N) is 2. The molecule has 2 aromatic carbocycles. The molecule has 27 heavy (non-hydrogen) atoms. The second kappa shape index (κ2) is 7.23. The number of hydrogen-bond acceptors (Lipinski definition) is 3. The number of hydrogen-bond donors (Lipinski definition) is 1. The van der Waals surface area contributed by atoms with Gasteiger partial charge in [0.15, 0.2) is 0 Å². The third kappa shape index (κ3) is 3.56. The number of benzene rings is 2. The second-order valence-electron chi connectivity index (χ2n) is 7.06. The maximum Gasteiger partial charge on any atom is 0.255 e. The molecule has 0 spiro atoms. The van der Waals surface area contributed by atoms with E-state index in [-0.39, 0.29) is 5.91 Å². The molecule has 136 valence electrons. The quantitative estimate of drug-likeness (QED) is 0.715. The van der Waals surface area contributed by atoms with E-state index in [0.29, 0.717) is 5.56 Å². The summed E-state index contributed by atoms with van der Waals surface area (Å²) in [6.07, 6.45) is 3.88. The summed E-state index contributed by atoms with van der Waals surface area (Å²) >= 11 is 0. The minimum Gasteiger partial charge on any atom is -0.326 e. The van der Waals surface area contributed by atoms with Crippen LogP contribution in [0.15, 0.2) is 60.8 Å². The molecule has 0 bridgehead atoms. The molecule has 1 aromatic heterocycles. The molecule has 4 rings (SSSR count). The van der Waals surface area contributed by atoms with Gasteiger partial charge in [0.2, 0.25) is 0 Å². The van der Waals surface area contributed by atoms with Crippen molar-refractivity contribution in [3.63, 3.8) is 0 Å². The monoisotopic (exact) mass is 357 g/mol. The summed E-state index contributed by atoms with van der Waals surface area (Å²) in [6, 6.07) is 18.1. The van der Waals surface area contributed by atoms with Gasteiger partial charge in [0.1, 0.15) is 5.82 Å². The average Bonchev–Trinajstić information content (AvgIpc) is 2.69. The summed E-state index contributed by atoms with van der Waals surface area (Å²) in [5.41, 5.74) is 6.21. The molecule has 4 nitrogen and oxygen atoms in total. The Balaban J connectivity index is 1.61. The first kappa shape index (κ1) is 17.3. The van der Waals surface area contributed by atoms with Crippen molar-refractivity contribution in [2.75, 3.05) is 16.8 Å². The SMILES string of the molecule is Cc1ccc(NC(=O)c2ccnc(N3CCCc4ccccc43)c2)c(C)c1. The van der Waals surface area contributed by atoms with Gasteiger partial charge in [0.05, 0.1) is 0 Å². The fourth-order valence-electron chi connectivity index (χ4n) is 3.63. The lowest BCUT2D eigenvalue weighted by atomic mass is 10.0. The van der Waals surface area contributed by atoms with Gasteiger partial charge >= 0.3 is 0 Å². The number of carbonyl (C=O) groups excluding carboxylic acids is 1. The zero-order chi connectivity index (χ0) is 18.8. The van der Waals surface area contributed by atoms with E-state index in [9.17, 15) is 4.79 Å². The summed E-state index contributed by atoms with van der Waals surface area (Å²) in [7, 11) is 0. The van der Waals surface area contributed by atoms with E-state index < -0.39 is 0 Å². The zero-order valence-corrected chi connectivity index (χ0v) is 15.7. The van der Waals surface area contributed by atoms with Crippen LogP contribution in [0.2, 0.25) is 0 Å². The van der Waals surface area contributed by atoms with Crippen LogP contribution in [0.1, 0.15) is 33.5 Å². The summed E-state index contributed by atoms with van der Waals surface area (Å²) in [5, 5.41) is 3.02. The van der Waals surface area contributed by atoms with Crippen LogP contribution in [0, 0.1) is 13.8 Å². The Bertz CT molecular complexity index is 996. The molecule has 4 heteroatoms. The van der Waals surface area contributed by atoms with E-state index in [2.05, 4.69) is 39.5 Å². The molecule has 3 aromatic rings. The van der Waals surface area contributed by atoms with Crippen LogP contribution in [-0.2, 0) is 6.42 Å². The van der Waals surface area contributed by atoms with Crippen LogP contribution in [0.5, 0.6) is 0 Å². The van der Waals surface area contributed by atoms with Crippen LogP contribution < -0.4 is 10.2 Å². The van der Waals surface area contributed by atoms with Crippen LogP contribution >= 0.6 is 0 Å². The second-order valence-corrected chi connectivity index (χ2v) is 7.06. The minimum atomic E-state index is -0.115. The van der Waals surface area contributed by atoms with Crippen LogP contribution in [0.3, 0.4) is 0 Å². The lowest BCUT2D eigenvalue weighted by Crippen LogP contribution is -2.25. The van der Waals surface area contributed by atoms with Crippen LogP contribution in [0.4, 0.5) is 17.2 Å². The third-order valence-electron chi connectivity index (χ3n) is 5.02. The summed E-state index contributed by atoms with van der Waals surface area (Å²) in [4.78, 5) is 19.5. The lowest BCUT2D eigenvalue weighted by molar-refractivity contribution is 0.102. The van der Waals surface area contributed by atoms with Gasteiger partial charge in [-0.15, -0.1) is 0 Å². The molecule has 1 amide bonds. The predicted molar refractivity (Wildman–Crippen MR) is 110 cm³/mol. The molecule has 2 heterocycles. The third-order valence-corrected chi connectivity index (χ3v) is 5.02. The van der Waals surface area contributed by atoms with Gasteiger partial charge in [0, 0.05) is 29.7 Å². The van der Waals surface area contributed by atoms with Gasteiger partial charge in [-0.2, -0.15) is 0 Å². The van der Waals surface area contributed by atoms with Crippen molar-refractivity contribution in [1.29, 1.82) is 0 Å².